The molecule has 0 aliphatic carbocycles. The van der Waals surface area contributed by atoms with Crippen LogP contribution in [-0.2, 0) is 17.9 Å². The summed E-state index contributed by atoms with van der Waals surface area (Å²) in [7, 11) is 0. The Balaban J connectivity index is 1.49. The van der Waals surface area contributed by atoms with E-state index in [4.69, 9.17) is 5.11 Å². The summed E-state index contributed by atoms with van der Waals surface area (Å²) in [6.45, 7) is 2.77. The fourth-order valence-corrected chi connectivity index (χ4v) is 3.03. The van der Waals surface area contributed by atoms with Gasteiger partial charge in [-0.3, -0.25) is 9.48 Å². The number of aromatic nitrogens is 6. The maximum absolute atomic E-state index is 11.6. The molecule has 0 saturated carbocycles. The fourth-order valence-electron chi connectivity index (χ4n) is 3.03. The number of rotatable bonds is 8. The van der Waals surface area contributed by atoms with Crippen molar-refractivity contribution in [3.8, 4) is 0 Å². The predicted octanol–water partition coefficient (Wildman–Crippen LogP) is 2.32. The maximum Gasteiger partial charge on any atom is 0.248 e. The molecule has 0 saturated heterocycles. The molecule has 1 amide bonds. The van der Waals surface area contributed by atoms with Crippen molar-refractivity contribution in [1.29, 1.82) is 0 Å². The van der Waals surface area contributed by atoms with E-state index in [0.717, 1.165) is 22.3 Å². The minimum absolute atomic E-state index is 0.0197. The molecule has 0 atom stereocenters. The van der Waals surface area contributed by atoms with Crippen molar-refractivity contribution in [2.45, 2.75) is 20.0 Å². The number of aliphatic hydroxyl groups excluding tert-OH is 1. The number of amides is 1. The second kappa shape index (κ2) is 9.18. The second-order valence-corrected chi connectivity index (χ2v) is 6.80. The Labute approximate surface area is 178 Å². The van der Waals surface area contributed by atoms with Gasteiger partial charge in [0.05, 0.1) is 43.2 Å². The molecule has 158 valence electrons. The standard InChI is InChI=1S/C21H22N8O2/c1-2-3-19(31)25-17-6-4-15(5-7-17)13-29-20-16(11-24-29)10-22-21(27-20)26-18-12-23-28(14-18)8-9-30/h2-7,10-12,14,30H,8-9,13H2,1H3,(H,25,31)(H,22,26,27)/b3-2+. The van der Waals surface area contributed by atoms with E-state index in [2.05, 4.69) is 30.8 Å². The predicted molar refractivity (Wildman–Crippen MR) is 117 cm³/mol. The Morgan fingerprint density at radius 3 is 2.74 bits per heavy atom. The van der Waals surface area contributed by atoms with Crippen molar-refractivity contribution >= 4 is 34.3 Å². The van der Waals surface area contributed by atoms with Gasteiger partial charge in [0.25, 0.3) is 0 Å². The number of fused-ring (bicyclic) bond motifs is 1. The molecule has 0 aliphatic heterocycles. The lowest BCUT2D eigenvalue weighted by Crippen LogP contribution is -2.08. The first-order chi connectivity index (χ1) is 15.1. The van der Waals surface area contributed by atoms with Gasteiger partial charge >= 0.3 is 0 Å². The summed E-state index contributed by atoms with van der Waals surface area (Å²) in [5, 5.41) is 24.3. The third-order valence-corrected chi connectivity index (χ3v) is 4.47. The number of carbonyl (C=O) groups excluding carboxylic acids is 1. The summed E-state index contributed by atoms with van der Waals surface area (Å²) >= 11 is 0. The molecule has 0 aliphatic rings. The van der Waals surface area contributed by atoms with Crippen LogP contribution >= 0.6 is 0 Å². The van der Waals surface area contributed by atoms with Crippen LogP contribution in [0.4, 0.5) is 17.3 Å². The monoisotopic (exact) mass is 418 g/mol. The molecule has 3 aromatic heterocycles. The summed E-state index contributed by atoms with van der Waals surface area (Å²) in [5.41, 5.74) is 3.18. The van der Waals surface area contributed by atoms with E-state index >= 15 is 0 Å². The number of aliphatic hydroxyl groups is 1. The fraction of sp³-hybridized carbons (Fsp3) is 0.190. The Bertz CT molecular complexity index is 1210. The van der Waals surface area contributed by atoms with Crippen molar-refractivity contribution < 1.29 is 9.90 Å². The number of nitrogens with zero attached hydrogens (tertiary/aromatic N) is 6. The molecule has 31 heavy (non-hydrogen) atoms. The zero-order chi connectivity index (χ0) is 21.6. The van der Waals surface area contributed by atoms with Crippen LogP contribution in [0.2, 0.25) is 0 Å². The van der Waals surface area contributed by atoms with Crippen LogP contribution in [0.15, 0.2) is 61.2 Å². The largest absolute Gasteiger partial charge is 0.394 e. The van der Waals surface area contributed by atoms with Crippen molar-refractivity contribution in [3.63, 3.8) is 0 Å². The SMILES string of the molecule is C/C=C/C(=O)Nc1ccc(Cn2ncc3cnc(Nc4cnn(CCO)c4)nc32)cc1. The molecular formula is C21H22N8O2. The molecule has 0 unspecified atom stereocenters. The lowest BCUT2D eigenvalue weighted by atomic mass is 10.2. The van der Waals surface area contributed by atoms with Crippen LogP contribution in [0.3, 0.4) is 0 Å². The minimum Gasteiger partial charge on any atom is -0.394 e. The van der Waals surface area contributed by atoms with Gasteiger partial charge in [-0.1, -0.05) is 18.2 Å². The first-order valence-electron chi connectivity index (χ1n) is 9.76. The first kappa shape index (κ1) is 20.2. The number of carbonyl (C=O) groups is 1. The van der Waals surface area contributed by atoms with Crippen molar-refractivity contribution in [2.24, 2.45) is 0 Å². The molecule has 0 fully saturated rings. The van der Waals surface area contributed by atoms with Gasteiger partial charge in [-0.2, -0.15) is 15.2 Å². The highest BCUT2D eigenvalue weighted by Gasteiger charge is 2.09. The van der Waals surface area contributed by atoms with Crippen LogP contribution in [0.5, 0.6) is 0 Å². The van der Waals surface area contributed by atoms with E-state index in [1.807, 2.05) is 24.3 Å². The third kappa shape index (κ3) is 4.93. The van der Waals surface area contributed by atoms with E-state index in [0.29, 0.717) is 24.7 Å². The smallest absolute Gasteiger partial charge is 0.248 e. The van der Waals surface area contributed by atoms with E-state index < -0.39 is 0 Å². The van der Waals surface area contributed by atoms with Crippen LogP contribution in [0.25, 0.3) is 11.0 Å². The molecule has 10 nitrogen and oxygen atoms in total. The van der Waals surface area contributed by atoms with Gasteiger partial charge in [0.2, 0.25) is 11.9 Å². The Morgan fingerprint density at radius 2 is 1.97 bits per heavy atom. The molecule has 0 radical (unpaired) electrons. The highest BCUT2D eigenvalue weighted by molar-refractivity contribution is 5.99. The normalized spacial score (nSPS) is 11.3. The number of allylic oxidation sites excluding steroid dienone is 1. The van der Waals surface area contributed by atoms with Crippen molar-refractivity contribution in [1.82, 2.24) is 29.5 Å². The molecule has 0 bridgehead atoms. The molecule has 3 heterocycles. The number of hydrogen-bond acceptors (Lipinski definition) is 7. The van der Waals surface area contributed by atoms with Gasteiger partial charge in [-0.05, 0) is 30.7 Å². The molecule has 4 aromatic rings. The topological polar surface area (TPSA) is 123 Å². The number of nitrogens with one attached hydrogen (secondary N) is 2. The molecule has 10 heteroatoms. The number of benzene rings is 1. The van der Waals surface area contributed by atoms with Gasteiger partial charge < -0.3 is 15.7 Å². The number of hydrogen-bond donors (Lipinski definition) is 3. The van der Waals surface area contributed by atoms with Gasteiger partial charge in [-0.15, -0.1) is 0 Å². The van der Waals surface area contributed by atoms with E-state index in [-0.39, 0.29) is 12.5 Å². The molecule has 1 aromatic carbocycles. The van der Waals surface area contributed by atoms with Gasteiger partial charge in [-0.25, -0.2) is 9.67 Å². The summed E-state index contributed by atoms with van der Waals surface area (Å²) in [6, 6.07) is 7.59. The molecule has 0 spiro atoms. The maximum atomic E-state index is 11.6. The second-order valence-electron chi connectivity index (χ2n) is 6.80. The lowest BCUT2D eigenvalue weighted by molar-refractivity contribution is -0.111. The Hall–Kier alpha value is -4.05. The Kier molecular flexibility index (Phi) is 5.99. The van der Waals surface area contributed by atoms with Gasteiger partial charge in [0.15, 0.2) is 5.65 Å². The van der Waals surface area contributed by atoms with Gasteiger partial charge in [0.1, 0.15) is 0 Å². The molecular weight excluding hydrogens is 396 g/mol. The lowest BCUT2D eigenvalue weighted by Gasteiger charge is -2.07. The van der Waals surface area contributed by atoms with Crippen molar-refractivity contribution in [3.05, 3.63) is 66.8 Å². The van der Waals surface area contributed by atoms with E-state index in [1.165, 1.54) is 6.08 Å². The van der Waals surface area contributed by atoms with Crippen LogP contribution in [0.1, 0.15) is 12.5 Å². The van der Waals surface area contributed by atoms with Crippen molar-refractivity contribution in [2.75, 3.05) is 17.2 Å². The average molecular weight is 418 g/mol. The summed E-state index contributed by atoms with van der Waals surface area (Å²) < 4.78 is 3.43. The molecule has 4 rings (SSSR count). The number of anilines is 3. The minimum atomic E-state index is -0.160. The summed E-state index contributed by atoms with van der Waals surface area (Å²) in [4.78, 5) is 20.6. The molecule has 3 N–H and O–H groups in total. The van der Waals surface area contributed by atoms with E-state index in [9.17, 15) is 4.79 Å². The van der Waals surface area contributed by atoms with Crippen LogP contribution in [0, 0.1) is 0 Å². The average Bonchev–Trinajstić information content (AvgIpc) is 3.37. The highest BCUT2D eigenvalue weighted by Crippen LogP contribution is 2.18. The Morgan fingerprint density at radius 1 is 1.13 bits per heavy atom. The van der Waals surface area contributed by atoms with Crippen LogP contribution in [-0.4, -0.2) is 47.1 Å². The highest BCUT2D eigenvalue weighted by atomic mass is 16.3. The quantitative estimate of drug-likeness (QED) is 0.375. The van der Waals surface area contributed by atoms with E-state index in [1.54, 1.807) is 47.2 Å². The first-order valence-corrected chi connectivity index (χ1v) is 9.76. The zero-order valence-corrected chi connectivity index (χ0v) is 16.9. The van der Waals surface area contributed by atoms with Crippen LogP contribution < -0.4 is 10.6 Å². The zero-order valence-electron chi connectivity index (χ0n) is 16.9. The summed E-state index contributed by atoms with van der Waals surface area (Å²) in [5.74, 6) is 0.270. The van der Waals surface area contributed by atoms with Gasteiger partial charge in [0, 0.05) is 18.1 Å². The summed E-state index contributed by atoms with van der Waals surface area (Å²) in [6.07, 6.45) is 10.0. The third-order valence-electron chi connectivity index (χ3n) is 4.47.